The Morgan fingerprint density at radius 1 is 1.37 bits per heavy atom. The van der Waals surface area contributed by atoms with Crippen LogP contribution >= 0.6 is 0 Å². The molecule has 0 aliphatic heterocycles. The molecule has 19 heavy (non-hydrogen) atoms. The minimum atomic E-state index is -0.0520. The first kappa shape index (κ1) is 13.5. The van der Waals surface area contributed by atoms with Crippen molar-refractivity contribution in [3.05, 3.63) is 41.7 Å². The van der Waals surface area contributed by atoms with Gasteiger partial charge in [-0.25, -0.2) is 9.97 Å². The Morgan fingerprint density at radius 3 is 2.79 bits per heavy atom. The van der Waals surface area contributed by atoms with Crippen molar-refractivity contribution in [1.82, 2.24) is 9.97 Å². The van der Waals surface area contributed by atoms with Crippen molar-refractivity contribution in [2.45, 2.75) is 26.8 Å². The fourth-order valence-electron chi connectivity index (χ4n) is 1.95. The average Bonchev–Trinajstić information content (AvgIpc) is 2.39. The van der Waals surface area contributed by atoms with E-state index in [2.05, 4.69) is 9.97 Å². The molecular formula is C15H19N3O. The Labute approximate surface area is 113 Å². The zero-order chi connectivity index (χ0) is 13.8. The Kier molecular flexibility index (Phi) is 4.12. The summed E-state index contributed by atoms with van der Waals surface area (Å²) in [5, 5.41) is 0. The predicted octanol–water partition coefficient (Wildman–Crippen LogP) is 2.87. The van der Waals surface area contributed by atoms with Crippen LogP contribution in [-0.4, -0.2) is 16.6 Å². The molecule has 2 N–H and O–H groups in total. The SMILES string of the molecule is CCOc1cccc(-c2ncc([C@H](C)N)c(C)n2)c1. The van der Waals surface area contributed by atoms with Crippen LogP contribution in [0.2, 0.25) is 0 Å². The van der Waals surface area contributed by atoms with Gasteiger partial charge in [0.05, 0.1) is 6.61 Å². The zero-order valence-electron chi connectivity index (χ0n) is 11.6. The molecule has 0 aliphatic carbocycles. The van der Waals surface area contributed by atoms with Crippen LogP contribution in [-0.2, 0) is 0 Å². The van der Waals surface area contributed by atoms with E-state index in [1.54, 1.807) is 6.20 Å². The topological polar surface area (TPSA) is 61.0 Å². The first-order valence-corrected chi connectivity index (χ1v) is 6.44. The van der Waals surface area contributed by atoms with Crippen molar-refractivity contribution < 1.29 is 4.74 Å². The number of rotatable bonds is 4. The van der Waals surface area contributed by atoms with Crippen molar-refractivity contribution in [3.8, 4) is 17.1 Å². The maximum Gasteiger partial charge on any atom is 0.159 e. The summed E-state index contributed by atoms with van der Waals surface area (Å²) in [6.07, 6.45) is 1.80. The number of aromatic nitrogens is 2. The van der Waals surface area contributed by atoms with Crippen molar-refractivity contribution in [2.75, 3.05) is 6.61 Å². The molecule has 4 nitrogen and oxygen atoms in total. The molecule has 1 aromatic carbocycles. The molecule has 0 fully saturated rings. The fourth-order valence-corrected chi connectivity index (χ4v) is 1.95. The number of hydrogen-bond donors (Lipinski definition) is 1. The summed E-state index contributed by atoms with van der Waals surface area (Å²) in [6.45, 7) is 6.50. The molecule has 1 heterocycles. The van der Waals surface area contributed by atoms with Crippen molar-refractivity contribution in [1.29, 1.82) is 0 Å². The molecule has 0 amide bonds. The van der Waals surface area contributed by atoms with Crippen LogP contribution < -0.4 is 10.5 Å². The number of ether oxygens (including phenoxy) is 1. The normalized spacial score (nSPS) is 12.2. The highest BCUT2D eigenvalue weighted by atomic mass is 16.5. The van der Waals surface area contributed by atoms with Crippen LogP contribution in [0.15, 0.2) is 30.5 Å². The van der Waals surface area contributed by atoms with Gasteiger partial charge in [-0.2, -0.15) is 0 Å². The molecule has 2 aromatic rings. The molecule has 4 heteroatoms. The van der Waals surface area contributed by atoms with Gasteiger partial charge in [0.15, 0.2) is 5.82 Å². The monoisotopic (exact) mass is 257 g/mol. The van der Waals surface area contributed by atoms with Crippen LogP contribution in [0.4, 0.5) is 0 Å². The largest absolute Gasteiger partial charge is 0.494 e. The minimum absolute atomic E-state index is 0.0520. The van der Waals surface area contributed by atoms with E-state index in [1.165, 1.54) is 0 Å². The molecule has 0 saturated heterocycles. The number of nitrogens with zero attached hydrogens (tertiary/aromatic N) is 2. The van der Waals surface area contributed by atoms with E-state index in [4.69, 9.17) is 10.5 Å². The van der Waals surface area contributed by atoms with Gasteiger partial charge in [0.1, 0.15) is 5.75 Å². The van der Waals surface area contributed by atoms with Gasteiger partial charge >= 0.3 is 0 Å². The van der Waals surface area contributed by atoms with Crippen LogP contribution in [0.5, 0.6) is 5.75 Å². The van der Waals surface area contributed by atoms with Gasteiger partial charge in [0, 0.05) is 29.1 Å². The lowest BCUT2D eigenvalue weighted by Gasteiger charge is -2.10. The predicted molar refractivity (Wildman–Crippen MR) is 76.0 cm³/mol. The number of nitrogens with two attached hydrogens (primary N) is 1. The molecule has 0 bridgehead atoms. The molecule has 0 saturated carbocycles. The van der Waals surface area contributed by atoms with Gasteiger partial charge in [0.25, 0.3) is 0 Å². The Hall–Kier alpha value is -1.94. The van der Waals surface area contributed by atoms with Crippen LogP contribution in [0.25, 0.3) is 11.4 Å². The van der Waals surface area contributed by atoms with Gasteiger partial charge in [-0.15, -0.1) is 0 Å². The summed E-state index contributed by atoms with van der Waals surface area (Å²) in [6, 6.07) is 7.74. The molecule has 1 atom stereocenters. The molecule has 0 unspecified atom stereocenters. The van der Waals surface area contributed by atoms with Gasteiger partial charge < -0.3 is 10.5 Å². The number of aryl methyl sites for hydroxylation is 1. The van der Waals surface area contributed by atoms with E-state index in [9.17, 15) is 0 Å². The van der Waals surface area contributed by atoms with E-state index in [0.717, 1.165) is 22.6 Å². The lowest BCUT2D eigenvalue weighted by Crippen LogP contribution is -2.09. The van der Waals surface area contributed by atoms with Crippen molar-refractivity contribution in [3.63, 3.8) is 0 Å². The van der Waals surface area contributed by atoms with Crippen LogP contribution in [0, 0.1) is 6.92 Å². The first-order valence-electron chi connectivity index (χ1n) is 6.44. The second-order valence-corrected chi connectivity index (χ2v) is 4.48. The van der Waals surface area contributed by atoms with Crippen molar-refractivity contribution in [2.24, 2.45) is 5.73 Å². The molecular weight excluding hydrogens is 238 g/mol. The third-order valence-electron chi connectivity index (χ3n) is 2.91. The zero-order valence-corrected chi connectivity index (χ0v) is 11.6. The molecule has 0 radical (unpaired) electrons. The maximum atomic E-state index is 5.87. The minimum Gasteiger partial charge on any atom is -0.494 e. The van der Waals surface area contributed by atoms with Crippen molar-refractivity contribution >= 4 is 0 Å². The Bertz CT molecular complexity index is 567. The van der Waals surface area contributed by atoms with E-state index in [1.807, 2.05) is 45.0 Å². The standard InChI is InChI=1S/C15H19N3O/c1-4-19-13-7-5-6-12(8-13)15-17-9-14(10(2)16)11(3)18-15/h5-10H,4,16H2,1-3H3/t10-/m0/s1. The summed E-state index contributed by atoms with van der Waals surface area (Å²) >= 11 is 0. The third kappa shape index (κ3) is 3.09. The van der Waals surface area contributed by atoms with Gasteiger partial charge in [-0.3, -0.25) is 0 Å². The second kappa shape index (κ2) is 5.80. The van der Waals surface area contributed by atoms with Gasteiger partial charge in [-0.05, 0) is 32.9 Å². The summed E-state index contributed by atoms with van der Waals surface area (Å²) < 4.78 is 5.48. The molecule has 0 spiro atoms. The lowest BCUT2D eigenvalue weighted by atomic mass is 10.1. The highest BCUT2D eigenvalue weighted by Crippen LogP contribution is 2.22. The molecule has 0 aliphatic rings. The van der Waals surface area contributed by atoms with E-state index < -0.39 is 0 Å². The molecule has 1 aromatic heterocycles. The van der Waals surface area contributed by atoms with Crippen LogP contribution in [0.1, 0.15) is 31.1 Å². The molecule has 100 valence electrons. The van der Waals surface area contributed by atoms with E-state index >= 15 is 0 Å². The number of benzene rings is 1. The summed E-state index contributed by atoms with van der Waals surface area (Å²) in [4.78, 5) is 8.90. The summed E-state index contributed by atoms with van der Waals surface area (Å²) in [5.41, 5.74) is 8.71. The maximum absolute atomic E-state index is 5.87. The second-order valence-electron chi connectivity index (χ2n) is 4.48. The summed E-state index contributed by atoms with van der Waals surface area (Å²) in [7, 11) is 0. The van der Waals surface area contributed by atoms with Gasteiger partial charge in [-0.1, -0.05) is 12.1 Å². The lowest BCUT2D eigenvalue weighted by molar-refractivity contribution is 0.340. The average molecular weight is 257 g/mol. The Balaban J connectivity index is 2.36. The van der Waals surface area contributed by atoms with E-state index in [0.29, 0.717) is 12.4 Å². The number of hydrogen-bond acceptors (Lipinski definition) is 4. The van der Waals surface area contributed by atoms with E-state index in [-0.39, 0.29) is 6.04 Å². The smallest absolute Gasteiger partial charge is 0.159 e. The highest BCUT2D eigenvalue weighted by Gasteiger charge is 2.09. The highest BCUT2D eigenvalue weighted by molar-refractivity contribution is 5.57. The summed E-state index contributed by atoms with van der Waals surface area (Å²) in [5.74, 6) is 1.53. The molecule has 2 rings (SSSR count). The fraction of sp³-hybridized carbons (Fsp3) is 0.333. The quantitative estimate of drug-likeness (QED) is 0.914. The first-order chi connectivity index (χ1) is 9.11. The Morgan fingerprint density at radius 2 is 2.16 bits per heavy atom. The van der Waals surface area contributed by atoms with Crippen LogP contribution in [0.3, 0.4) is 0 Å². The van der Waals surface area contributed by atoms with Gasteiger partial charge in [0.2, 0.25) is 0 Å². The third-order valence-corrected chi connectivity index (χ3v) is 2.91.